The SMILES string of the molecule is O=C(c1cc(-c2cccs2)[nH]n1)N1CCC(O)(C(F)(F)F)CC1. The Bertz CT molecular complexity index is 688. The first-order chi connectivity index (χ1) is 10.8. The highest BCUT2D eigenvalue weighted by Gasteiger charge is 2.55. The van der Waals surface area contributed by atoms with E-state index in [1.54, 1.807) is 6.07 Å². The second-order valence-corrected chi connectivity index (χ2v) is 6.41. The molecular formula is C14H14F3N3O2S. The number of piperidine rings is 1. The number of amides is 1. The summed E-state index contributed by atoms with van der Waals surface area (Å²) in [5.41, 5.74) is -1.87. The number of alkyl halides is 3. The number of aliphatic hydroxyl groups is 1. The van der Waals surface area contributed by atoms with Crippen LogP contribution in [-0.4, -0.2) is 51.0 Å². The fourth-order valence-corrected chi connectivity index (χ4v) is 3.21. The Labute approximate surface area is 133 Å². The van der Waals surface area contributed by atoms with E-state index in [0.717, 1.165) is 4.88 Å². The van der Waals surface area contributed by atoms with E-state index >= 15 is 0 Å². The highest BCUT2D eigenvalue weighted by atomic mass is 32.1. The minimum absolute atomic E-state index is 0.157. The first kappa shape index (κ1) is 16.0. The number of carbonyl (C=O) groups excluding carboxylic acids is 1. The number of aromatic nitrogens is 2. The first-order valence-electron chi connectivity index (χ1n) is 6.98. The van der Waals surface area contributed by atoms with Crippen molar-refractivity contribution in [1.82, 2.24) is 15.1 Å². The topological polar surface area (TPSA) is 69.2 Å². The number of H-pyrrole nitrogens is 1. The second kappa shape index (κ2) is 5.64. The van der Waals surface area contributed by atoms with Crippen LogP contribution in [0.25, 0.3) is 10.6 Å². The predicted octanol–water partition coefficient (Wildman–Crippen LogP) is 2.67. The number of rotatable bonds is 2. The van der Waals surface area contributed by atoms with E-state index in [1.807, 2.05) is 17.5 Å². The van der Waals surface area contributed by atoms with Gasteiger partial charge in [-0.1, -0.05) is 6.07 Å². The summed E-state index contributed by atoms with van der Waals surface area (Å²) < 4.78 is 38.3. The zero-order valence-corrected chi connectivity index (χ0v) is 12.7. The van der Waals surface area contributed by atoms with E-state index in [1.165, 1.54) is 16.2 Å². The van der Waals surface area contributed by atoms with Crippen molar-refractivity contribution in [3.63, 3.8) is 0 Å². The molecular weight excluding hydrogens is 331 g/mol. The van der Waals surface area contributed by atoms with Crippen molar-refractivity contribution in [3.05, 3.63) is 29.3 Å². The van der Waals surface area contributed by atoms with Gasteiger partial charge in [-0.2, -0.15) is 18.3 Å². The number of aromatic amines is 1. The van der Waals surface area contributed by atoms with Crippen LogP contribution in [0, 0.1) is 0 Å². The van der Waals surface area contributed by atoms with Gasteiger partial charge in [-0.25, -0.2) is 0 Å². The van der Waals surface area contributed by atoms with E-state index in [9.17, 15) is 23.1 Å². The lowest BCUT2D eigenvalue weighted by Crippen LogP contribution is -2.54. The Hall–Kier alpha value is -1.87. The number of carbonyl (C=O) groups is 1. The third-order valence-electron chi connectivity index (χ3n) is 3.99. The molecule has 0 atom stereocenters. The van der Waals surface area contributed by atoms with Crippen molar-refractivity contribution >= 4 is 17.2 Å². The minimum atomic E-state index is -4.68. The van der Waals surface area contributed by atoms with Crippen LogP contribution in [-0.2, 0) is 0 Å². The molecule has 23 heavy (non-hydrogen) atoms. The van der Waals surface area contributed by atoms with E-state index in [0.29, 0.717) is 5.69 Å². The zero-order chi connectivity index (χ0) is 16.7. The Kier molecular flexibility index (Phi) is 3.93. The molecule has 5 nitrogen and oxygen atoms in total. The number of hydrogen-bond donors (Lipinski definition) is 2. The minimum Gasteiger partial charge on any atom is -0.380 e. The average Bonchev–Trinajstić information content (AvgIpc) is 3.17. The van der Waals surface area contributed by atoms with Gasteiger partial charge in [0.1, 0.15) is 0 Å². The maximum absolute atomic E-state index is 12.8. The van der Waals surface area contributed by atoms with Crippen molar-refractivity contribution in [2.24, 2.45) is 0 Å². The molecule has 0 spiro atoms. The lowest BCUT2D eigenvalue weighted by Gasteiger charge is -2.38. The van der Waals surface area contributed by atoms with Gasteiger partial charge in [0.25, 0.3) is 5.91 Å². The van der Waals surface area contributed by atoms with Crippen LogP contribution in [0.4, 0.5) is 13.2 Å². The Morgan fingerprint density at radius 3 is 2.65 bits per heavy atom. The van der Waals surface area contributed by atoms with Crippen molar-refractivity contribution in [2.75, 3.05) is 13.1 Å². The van der Waals surface area contributed by atoms with Gasteiger partial charge in [-0.15, -0.1) is 11.3 Å². The summed E-state index contributed by atoms with van der Waals surface area (Å²) in [6.07, 6.45) is -5.73. The van der Waals surface area contributed by atoms with Gasteiger partial charge in [-0.05, 0) is 17.5 Å². The van der Waals surface area contributed by atoms with E-state index < -0.39 is 30.5 Å². The molecule has 0 saturated carbocycles. The van der Waals surface area contributed by atoms with Gasteiger partial charge in [0.15, 0.2) is 11.3 Å². The number of thiophene rings is 1. The van der Waals surface area contributed by atoms with Gasteiger partial charge >= 0.3 is 6.18 Å². The summed E-state index contributed by atoms with van der Waals surface area (Å²) in [6.45, 7) is -0.313. The second-order valence-electron chi connectivity index (χ2n) is 5.47. The average molecular weight is 345 g/mol. The molecule has 2 N–H and O–H groups in total. The quantitative estimate of drug-likeness (QED) is 0.879. The molecule has 3 heterocycles. The molecule has 1 saturated heterocycles. The van der Waals surface area contributed by atoms with Gasteiger partial charge in [0, 0.05) is 25.9 Å². The molecule has 124 valence electrons. The van der Waals surface area contributed by atoms with Crippen molar-refractivity contribution in [2.45, 2.75) is 24.6 Å². The summed E-state index contributed by atoms with van der Waals surface area (Å²) in [5, 5.41) is 18.2. The van der Waals surface area contributed by atoms with Crippen LogP contribution in [0.2, 0.25) is 0 Å². The third kappa shape index (κ3) is 2.98. The van der Waals surface area contributed by atoms with Crippen LogP contribution in [0.3, 0.4) is 0 Å². The lowest BCUT2D eigenvalue weighted by atomic mass is 9.90. The van der Waals surface area contributed by atoms with E-state index in [4.69, 9.17) is 0 Å². The molecule has 0 bridgehead atoms. The molecule has 9 heteroatoms. The van der Waals surface area contributed by atoms with Crippen LogP contribution in [0.1, 0.15) is 23.3 Å². The molecule has 0 aromatic carbocycles. The van der Waals surface area contributed by atoms with Gasteiger partial charge in [0.05, 0.1) is 10.6 Å². The standard InChI is InChI=1S/C14H14F3N3O2S/c15-14(16,17)13(22)3-5-20(6-4-13)12(21)10-8-9(18-19-10)11-2-1-7-23-11/h1-2,7-8,22H,3-6H2,(H,18,19). The zero-order valence-electron chi connectivity index (χ0n) is 11.9. The van der Waals surface area contributed by atoms with E-state index in [2.05, 4.69) is 10.2 Å². The van der Waals surface area contributed by atoms with Crippen molar-refractivity contribution in [3.8, 4) is 10.6 Å². The lowest BCUT2D eigenvalue weighted by molar-refractivity contribution is -0.271. The van der Waals surface area contributed by atoms with Gasteiger partial charge < -0.3 is 10.0 Å². The van der Waals surface area contributed by atoms with Gasteiger partial charge in [-0.3, -0.25) is 9.89 Å². The maximum Gasteiger partial charge on any atom is 0.417 e. The Balaban J connectivity index is 1.69. The maximum atomic E-state index is 12.8. The first-order valence-corrected chi connectivity index (χ1v) is 7.86. The third-order valence-corrected chi connectivity index (χ3v) is 4.89. The predicted molar refractivity (Wildman–Crippen MR) is 78.0 cm³/mol. The van der Waals surface area contributed by atoms with Crippen LogP contribution in [0.5, 0.6) is 0 Å². The summed E-state index contributed by atoms with van der Waals surface area (Å²) in [6, 6.07) is 5.32. The fourth-order valence-electron chi connectivity index (χ4n) is 2.51. The van der Waals surface area contributed by atoms with Crippen molar-refractivity contribution < 1.29 is 23.1 Å². The van der Waals surface area contributed by atoms with Crippen LogP contribution < -0.4 is 0 Å². The van der Waals surface area contributed by atoms with E-state index in [-0.39, 0.29) is 18.8 Å². The van der Waals surface area contributed by atoms with Gasteiger partial charge in [0.2, 0.25) is 0 Å². The number of likely N-dealkylation sites (tertiary alicyclic amines) is 1. The highest BCUT2D eigenvalue weighted by molar-refractivity contribution is 7.13. The molecule has 0 radical (unpaired) electrons. The number of nitrogens with one attached hydrogen (secondary N) is 1. The van der Waals surface area contributed by atoms with Crippen LogP contribution >= 0.6 is 11.3 Å². The molecule has 2 aromatic rings. The Morgan fingerprint density at radius 1 is 1.39 bits per heavy atom. The summed E-state index contributed by atoms with van der Waals surface area (Å²) in [5.74, 6) is -0.437. The molecule has 1 aliphatic heterocycles. The highest BCUT2D eigenvalue weighted by Crippen LogP contribution is 2.38. The van der Waals surface area contributed by atoms with Crippen LogP contribution in [0.15, 0.2) is 23.6 Å². The number of nitrogens with zero attached hydrogens (tertiary/aromatic N) is 2. The molecule has 0 aliphatic carbocycles. The molecule has 2 aromatic heterocycles. The smallest absolute Gasteiger partial charge is 0.380 e. The van der Waals surface area contributed by atoms with Crippen molar-refractivity contribution in [1.29, 1.82) is 0 Å². The molecule has 1 aliphatic rings. The molecule has 0 unspecified atom stereocenters. The summed E-state index contributed by atoms with van der Waals surface area (Å²) in [4.78, 5) is 14.5. The Morgan fingerprint density at radius 2 is 2.09 bits per heavy atom. The largest absolute Gasteiger partial charge is 0.417 e. The molecule has 1 fully saturated rings. The molecule has 3 rings (SSSR count). The normalized spacial score (nSPS) is 18.2. The number of hydrogen-bond acceptors (Lipinski definition) is 4. The number of halogens is 3. The summed E-state index contributed by atoms with van der Waals surface area (Å²) >= 11 is 1.48. The monoisotopic (exact) mass is 345 g/mol. The fraction of sp³-hybridized carbons (Fsp3) is 0.429. The molecule has 1 amide bonds. The summed E-state index contributed by atoms with van der Waals surface area (Å²) in [7, 11) is 0.